The highest BCUT2D eigenvalue weighted by Gasteiger charge is 2.13. The number of nitrogens with one attached hydrogen (secondary N) is 1. The van der Waals surface area contributed by atoms with Gasteiger partial charge in [-0.1, -0.05) is 19.9 Å². The van der Waals surface area contributed by atoms with Gasteiger partial charge in [-0.25, -0.2) is 0 Å². The van der Waals surface area contributed by atoms with E-state index in [1.54, 1.807) is 18.2 Å². The molecule has 0 saturated heterocycles. The summed E-state index contributed by atoms with van der Waals surface area (Å²) in [5.74, 6) is 0.997. The molecule has 0 fully saturated rings. The third-order valence-electron chi connectivity index (χ3n) is 2.54. The van der Waals surface area contributed by atoms with Gasteiger partial charge < -0.3 is 4.74 Å². The lowest BCUT2D eigenvalue weighted by Gasteiger charge is -2.14. The van der Waals surface area contributed by atoms with Crippen molar-refractivity contribution < 1.29 is 4.74 Å². The van der Waals surface area contributed by atoms with E-state index in [1.165, 1.54) is 7.11 Å². The monoisotopic (exact) mass is 243 g/mol. The highest BCUT2D eigenvalue weighted by Crippen LogP contribution is 2.22. The fourth-order valence-electron chi connectivity index (χ4n) is 1.58. The van der Waals surface area contributed by atoms with Crippen molar-refractivity contribution in [1.29, 1.82) is 10.5 Å². The minimum Gasteiger partial charge on any atom is -0.495 e. The fraction of sp³-hybridized carbons (Fsp3) is 0.429. The Morgan fingerprint density at radius 1 is 1.33 bits per heavy atom. The van der Waals surface area contributed by atoms with Gasteiger partial charge in [0.15, 0.2) is 0 Å². The first-order valence-corrected chi connectivity index (χ1v) is 5.83. The van der Waals surface area contributed by atoms with Crippen molar-refractivity contribution in [2.45, 2.75) is 19.9 Å². The molecule has 0 aliphatic rings. The molecule has 0 aromatic heterocycles. The quantitative estimate of drug-likeness (QED) is 0.862. The highest BCUT2D eigenvalue weighted by atomic mass is 16.5. The second-order valence-electron chi connectivity index (χ2n) is 4.44. The summed E-state index contributed by atoms with van der Waals surface area (Å²) in [6, 6.07) is 9.09. The van der Waals surface area contributed by atoms with Crippen LogP contribution in [0.4, 0.5) is 0 Å². The Hall–Kier alpha value is -2.04. The van der Waals surface area contributed by atoms with Crippen LogP contribution in [0.2, 0.25) is 0 Å². The molecule has 1 aromatic rings. The van der Waals surface area contributed by atoms with Gasteiger partial charge in [-0.05, 0) is 30.2 Å². The summed E-state index contributed by atoms with van der Waals surface area (Å²) < 4.78 is 5.08. The van der Waals surface area contributed by atoms with Crippen LogP contribution in [-0.2, 0) is 0 Å². The molecule has 1 unspecified atom stereocenters. The van der Waals surface area contributed by atoms with Crippen molar-refractivity contribution in [3.8, 4) is 17.9 Å². The maximum Gasteiger partial charge on any atom is 0.136 e. The molecule has 0 aliphatic heterocycles. The maximum atomic E-state index is 9.16. The molecule has 1 atom stereocenters. The minimum atomic E-state index is -0.398. The molecule has 0 spiro atoms. The van der Waals surface area contributed by atoms with E-state index in [2.05, 4.69) is 31.3 Å². The van der Waals surface area contributed by atoms with E-state index >= 15 is 0 Å². The number of benzene rings is 1. The average molecular weight is 243 g/mol. The Morgan fingerprint density at radius 3 is 2.56 bits per heavy atom. The highest BCUT2D eigenvalue weighted by molar-refractivity contribution is 5.46. The van der Waals surface area contributed by atoms with Crippen molar-refractivity contribution in [3.63, 3.8) is 0 Å². The first-order valence-electron chi connectivity index (χ1n) is 5.83. The summed E-state index contributed by atoms with van der Waals surface area (Å²) in [4.78, 5) is 0. The van der Waals surface area contributed by atoms with Crippen LogP contribution < -0.4 is 10.1 Å². The van der Waals surface area contributed by atoms with E-state index in [1.807, 2.05) is 0 Å². The molecule has 4 heteroatoms. The summed E-state index contributed by atoms with van der Waals surface area (Å²) in [6.45, 7) is 4.92. The Balaban J connectivity index is 2.94. The molecular weight excluding hydrogens is 226 g/mol. The molecule has 0 bridgehead atoms. The number of nitrogens with zero attached hydrogens (tertiary/aromatic N) is 2. The predicted octanol–water partition coefficient (Wildman–Crippen LogP) is 2.38. The first kappa shape index (κ1) is 14.0. The predicted molar refractivity (Wildman–Crippen MR) is 68.9 cm³/mol. The molecule has 1 N–H and O–H groups in total. The smallest absolute Gasteiger partial charge is 0.136 e. The largest absolute Gasteiger partial charge is 0.495 e. The van der Waals surface area contributed by atoms with Crippen LogP contribution in [0.1, 0.15) is 31.0 Å². The second-order valence-corrected chi connectivity index (χ2v) is 4.44. The Morgan fingerprint density at radius 2 is 2.06 bits per heavy atom. The summed E-state index contributed by atoms with van der Waals surface area (Å²) in [7, 11) is 1.52. The van der Waals surface area contributed by atoms with Crippen molar-refractivity contribution in [3.05, 3.63) is 29.3 Å². The molecule has 0 amide bonds. The zero-order chi connectivity index (χ0) is 13.5. The lowest BCUT2D eigenvalue weighted by molar-refractivity contribution is 0.413. The van der Waals surface area contributed by atoms with E-state index in [9.17, 15) is 0 Å². The van der Waals surface area contributed by atoms with Gasteiger partial charge in [0.1, 0.15) is 17.9 Å². The SMILES string of the molecule is COc1ccc(C(C#N)NCC(C)C)cc1C#N. The molecule has 1 rings (SSSR count). The number of hydrogen-bond donors (Lipinski definition) is 1. The Bertz CT molecular complexity index is 483. The minimum absolute atomic E-state index is 0.398. The molecule has 0 saturated carbocycles. The third kappa shape index (κ3) is 3.48. The number of methoxy groups -OCH3 is 1. The molecule has 0 aliphatic carbocycles. The van der Waals surface area contributed by atoms with Gasteiger partial charge in [0, 0.05) is 0 Å². The van der Waals surface area contributed by atoms with Gasteiger partial charge in [-0.2, -0.15) is 10.5 Å². The van der Waals surface area contributed by atoms with Gasteiger partial charge in [0.25, 0.3) is 0 Å². The fourth-order valence-corrected chi connectivity index (χ4v) is 1.58. The lowest BCUT2D eigenvalue weighted by Crippen LogP contribution is -2.24. The van der Waals surface area contributed by atoms with E-state index in [-0.39, 0.29) is 0 Å². The van der Waals surface area contributed by atoms with E-state index in [0.717, 1.165) is 12.1 Å². The van der Waals surface area contributed by atoms with Crippen molar-refractivity contribution in [2.75, 3.05) is 13.7 Å². The second kappa shape index (κ2) is 6.64. The summed E-state index contributed by atoms with van der Waals surface area (Å²) in [6.07, 6.45) is 0. The molecular formula is C14H17N3O. The van der Waals surface area contributed by atoms with E-state index < -0.39 is 6.04 Å². The van der Waals surface area contributed by atoms with Gasteiger partial charge in [-0.15, -0.1) is 0 Å². The van der Waals surface area contributed by atoms with E-state index in [4.69, 9.17) is 15.3 Å². The van der Waals surface area contributed by atoms with Crippen LogP contribution in [0.25, 0.3) is 0 Å². The molecule has 0 heterocycles. The van der Waals surface area contributed by atoms with Gasteiger partial charge in [-0.3, -0.25) is 5.32 Å². The van der Waals surface area contributed by atoms with Crippen LogP contribution in [-0.4, -0.2) is 13.7 Å². The van der Waals surface area contributed by atoms with Crippen LogP contribution in [0.15, 0.2) is 18.2 Å². The normalized spacial score (nSPS) is 11.7. The van der Waals surface area contributed by atoms with Crippen LogP contribution in [0.5, 0.6) is 5.75 Å². The number of hydrogen-bond acceptors (Lipinski definition) is 4. The van der Waals surface area contributed by atoms with Crippen LogP contribution in [0.3, 0.4) is 0 Å². The first-order chi connectivity index (χ1) is 8.62. The Kier molecular flexibility index (Phi) is 5.17. The molecule has 94 valence electrons. The zero-order valence-corrected chi connectivity index (χ0v) is 10.9. The molecule has 4 nitrogen and oxygen atoms in total. The van der Waals surface area contributed by atoms with Gasteiger partial charge >= 0.3 is 0 Å². The number of rotatable bonds is 5. The summed E-state index contributed by atoms with van der Waals surface area (Å²) in [5.41, 5.74) is 1.23. The van der Waals surface area contributed by atoms with Crippen LogP contribution >= 0.6 is 0 Å². The molecule has 18 heavy (non-hydrogen) atoms. The lowest BCUT2D eigenvalue weighted by atomic mass is 10.0. The summed E-state index contributed by atoms with van der Waals surface area (Å²) >= 11 is 0. The average Bonchev–Trinajstić information content (AvgIpc) is 2.38. The topological polar surface area (TPSA) is 68.8 Å². The molecule has 1 aromatic carbocycles. The van der Waals surface area contributed by atoms with E-state index in [0.29, 0.717) is 17.2 Å². The summed E-state index contributed by atoms with van der Waals surface area (Å²) in [5, 5.41) is 21.3. The van der Waals surface area contributed by atoms with Gasteiger partial charge in [0.05, 0.1) is 18.7 Å². The van der Waals surface area contributed by atoms with Crippen molar-refractivity contribution >= 4 is 0 Å². The zero-order valence-electron chi connectivity index (χ0n) is 10.9. The Labute approximate surface area is 108 Å². The van der Waals surface area contributed by atoms with Crippen LogP contribution in [0, 0.1) is 28.6 Å². The number of nitriles is 2. The van der Waals surface area contributed by atoms with Crippen molar-refractivity contribution in [2.24, 2.45) is 5.92 Å². The third-order valence-corrected chi connectivity index (χ3v) is 2.54. The van der Waals surface area contributed by atoms with Crippen molar-refractivity contribution in [1.82, 2.24) is 5.32 Å². The standard InChI is InChI=1S/C14H17N3O/c1-10(2)9-17-13(8-16)11-4-5-14(18-3)12(6-11)7-15/h4-6,10,13,17H,9H2,1-3H3. The maximum absolute atomic E-state index is 9.16. The van der Waals surface area contributed by atoms with Gasteiger partial charge in [0.2, 0.25) is 0 Å². The number of ether oxygens (including phenoxy) is 1. The molecule has 0 radical (unpaired) electrons.